The molecule has 1 aromatic carbocycles. The van der Waals surface area contributed by atoms with E-state index in [1.807, 2.05) is 41.5 Å². The van der Waals surface area contributed by atoms with Gasteiger partial charge in [0.05, 0.1) is 15.1 Å². The highest BCUT2D eigenvalue weighted by atomic mass is 127. The summed E-state index contributed by atoms with van der Waals surface area (Å²) in [6.07, 6.45) is 0. The average Bonchev–Trinajstić information content (AvgIpc) is 2.26. The predicted molar refractivity (Wildman–Crippen MR) is 70.8 cm³/mol. The highest BCUT2D eigenvalue weighted by Crippen LogP contribution is 2.26. The molecule has 0 aliphatic heterocycles. The molecule has 0 heterocycles. The van der Waals surface area contributed by atoms with Gasteiger partial charge in [0.25, 0.3) is 5.69 Å². The molecule has 1 unspecified atom stereocenters. The quantitative estimate of drug-likeness (QED) is 0.519. The Hall–Kier alpha value is -0.890. The third-order valence-corrected chi connectivity index (χ3v) is 3.32. The van der Waals surface area contributed by atoms with E-state index in [2.05, 4.69) is 0 Å². The monoisotopic (exact) mass is 336 g/mol. The Bertz CT molecular complexity index is 398. The van der Waals surface area contributed by atoms with Crippen LogP contribution in [0.5, 0.6) is 0 Å². The van der Waals surface area contributed by atoms with Crippen LogP contribution in [0.15, 0.2) is 18.2 Å². The first-order chi connectivity index (χ1) is 7.47. The van der Waals surface area contributed by atoms with Gasteiger partial charge in [0.15, 0.2) is 0 Å². The maximum Gasteiger partial charge on any atom is 0.282 e. The van der Waals surface area contributed by atoms with E-state index < -0.39 is 4.92 Å². The van der Waals surface area contributed by atoms with E-state index in [1.165, 1.54) is 6.07 Å². The van der Waals surface area contributed by atoms with Crippen LogP contribution in [0.3, 0.4) is 0 Å². The van der Waals surface area contributed by atoms with E-state index in [1.54, 1.807) is 12.1 Å². The molecule has 1 atom stereocenters. The summed E-state index contributed by atoms with van der Waals surface area (Å²) >= 11 is 1.94. The van der Waals surface area contributed by atoms with Gasteiger partial charge in [-0.05, 0) is 41.6 Å². The fourth-order valence-corrected chi connectivity index (χ4v) is 1.94. The van der Waals surface area contributed by atoms with E-state index >= 15 is 0 Å². The van der Waals surface area contributed by atoms with Crippen molar-refractivity contribution in [2.75, 3.05) is 18.6 Å². The number of likely N-dealkylation sites (N-methyl/N-ethyl adjacent to an activating group) is 1. The number of rotatable bonds is 4. The molecule has 16 heavy (non-hydrogen) atoms. The van der Waals surface area contributed by atoms with Gasteiger partial charge < -0.3 is 10.0 Å². The summed E-state index contributed by atoms with van der Waals surface area (Å²) in [4.78, 5) is 12.1. The molecule has 1 N–H and O–H groups in total. The maximum atomic E-state index is 10.6. The lowest BCUT2D eigenvalue weighted by molar-refractivity contribution is -0.385. The Balaban J connectivity index is 3.01. The fraction of sp³-hybridized carbons (Fsp3) is 0.400. The van der Waals surface area contributed by atoms with Crippen molar-refractivity contribution < 1.29 is 10.0 Å². The molecule has 0 saturated heterocycles. The number of nitro groups is 1. The molecule has 1 rings (SSSR count). The van der Waals surface area contributed by atoms with E-state index in [4.69, 9.17) is 5.11 Å². The third-order valence-electron chi connectivity index (χ3n) is 2.46. The Morgan fingerprint density at radius 2 is 2.25 bits per heavy atom. The third kappa shape index (κ3) is 2.82. The number of nitrogens with zero attached hydrogens (tertiary/aromatic N) is 2. The number of halogens is 1. The van der Waals surface area contributed by atoms with Crippen LogP contribution in [-0.4, -0.2) is 29.7 Å². The van der Waals surface area contributed by atoms with Crippen LogP contribution in [-0.2, 0) is 0 Å². The lowest BCUT2D eigenvalue weighted by Crippen LogP contribution is -2.31. The molecule has 5 nitrogen and oxygen atoms in total. The van der Waals surface area contributed by atoms with E-state index in [0.29, 0.717) is 3.57 Å². The van der Waals surface area contributed by atoms with Crippen LogP contribution < -0.4 is 4.90 Å². The number of aliphatic hydroxyl groups excluding tert-OH is 1. The molecule has 0 amide bonds. The molecule has 1 aromatic rings. The van der Waals surface area contributed by atoms with Gasteiger partial charge >= 0.3 is 0 Å². The Morgan fingerprint density at radius 3 is 2.69 bits per heavy atom. The molecule has 0 fully saturated rings. The normalized spacial score (nSPS) is 12.2. The SMILES string of the molecule is CC(CO)N(C)c1ccc([N+](=O)[O-])c(I)c1. The summed E-state index contributed by atoms with van der Waals surface area (Å²) in [5.41, 5.74) is 0.964. The smallest absolute Gasteiger partial charge is 0.282 e. The van der Waals surface area contributed by atoms with Crippen molar-refractivity contribution in [1.82, 2.24) is 0 Å². The van der Waals surface area contributed by atoms with Crippen molar-refractivity contribution in [2.24, 2.45) is 0 Å². The largest absolute Gasteiger partial charge is 0.394 e. The average molecular weight is 336 g/mol. The predicted octanol–water partition coefficient (Wildman–Crippen LogP) is 2.02. The van der Waals surface area contributed by atoms with Crippen LogP contribution in [0.4, 0.5) is 11.4 Å². The van der Waals surface area contributed by atoms with Crippen molar-refractivity contribution in [3.63, 3.8) is 0 Å². The summed E-state index contributed by atoms with van der Waals surface area (Å²) in [5, 5.41) is 19.7. The van der Waals surface area contributed by atoms with E-state index in [-0.39, 0.29) is 18.3 Å². The van der Waals surface area contributed by atoms with Gasteiger partial charge in [0.1, 0.15) is 0 Å². The van der Waals surface area contributed by atoms with Gasteiger partial charge in [-0.15, -0.1) is 0 Å². The zero-order valence-electron chi connectivity index (χ0n) is 9.05. The van der Waals surface area contributed by atoms with Crippen molar-refractivity contribution in [2.45, 2.75) is 13.0 Å². The summed E-state index contributed by atoms with van der Waals surface area (Å²) in [6.45, 7) is 1.93. The standard InChI is InChI=1S/C10H13IN2O3/c1-7(6-14)12(2)8-3-4-10(13(15)16)9(11)5-8/h3-5,7,14H,6H2,1-2H3. The first-order valence-corrected chi connectivity index (χ1v) is 5.83. The molecular formula is C10H13IN2O3. The minimum Gasteiger partial charge on any atom is -0.394 e. The minimum absolute atomic E-state index is 0.0164. The molecule has 0 bridgehead atoms. The van der Waals surface area contributed by atoms with Crippen LogP contribution in [0.1, 0.15) is 6.92 Å². The van der Waals surface area contributed by atoms with Crippen LogP contribution >= 0.6 is 22.6 Å². The van der Waals surface area contributed by atoms with Crippen molar-refractivity contribution in [3.05, 3.63) is 31.9 Å². The molecule has 6 heteroatoms. The van der Waals surface area contributed by atoms with Crippen LogP contribution in [0.2, 0.25) is 0 Å². The van der Waals surface area contributed by atoms with Crippen LogP contribution in [0, 0.1) is 13.7 Å². The molecular weight excluding hydrogens is 323 g/mol. The number of aliphatic hydroxyl groups is 1. The van der Waals surface area contributed by atoms with Crippen molar-refractivity contribution in [3.8, 4) is 0 Å². The second-order valence-corrected chi connectivity index (χ2v) is 4.70. The zero-order chi connectivity index (χ0) is 12.3. The van der Waals surface area contributed by atoms with Crippen molar-refractivity contribution >= 4 is 34.0 Å². The highest BCUT2D eigenvalue weighted by Gasteiger charge is 2.15. The first-order valence-electron chi connectivity index (χ1n) is 4.75. The second-order valence-electron chi connectivity index (χ2n) is 3.54. The zero-order valence-corrected chi connectivity index (χ0v) is 11.2. The summed E-state index contributed by atoms with van der Waals surface area (Å²) in [6, 6.07) is 4.90. The molecule has 88 valence electrons. The molecule has 0 aliphatic rings. The van der Waals surface area contributed by atoms with Gasteiger partial charge in [-0.3, -0.25) is 10.1 Å². The Kier molecular flexibility index (Phi) is 4.48. The first kappa shape index (κ1) is 13.2. The number of hydrogen-bond donors (Lipinski definition) is 1. The Labute approximate surface area is 107 Å². The summed E-state index contributed by atoms with van der Waals surface area (Å²) in [7, 11) is 1.85. The second kappa shape index (κ2) is 5.44. The molecule has 0 radical (unpaired) electrons. The van der Waals surface area contributed by atoms with Crippen LogP contribution in [0.25, 0.3) is 0 Å². The number of hydrogen-bond acceptors (Lipinski definition) is 4. The van der Waals surface area contributed by atoms with Crippen molar-refractivity contribution in [1.29, 1.82) is 0 Å². The minimum atomic E-state index is -0.402. The molecule has 0 aromatic heterocycles. The van der Waals surface area contributed by atoms with E-state index in [0.717, 1.165) is 5.69 Å². The maximum absolute atomic E-state index is 10.6. The van der Waals surface area contributed by atoms with Gasteiger partial charge in [0.2, 0.25) is 0 Å². The Morgan fingerprint density at radius 1 is 1.62 bits per heavy atom. The van der Waals surface area contributed by atoms with E-state index in [9.17, 15) is 10.1 Å². The van der Waals surface area contributed by atoms with Gasteiger partial charge in [-0.2, -0.15) is 0 Å². The molecule has 0 saturated carbocycles. The topological polar surface area (TPSA) is 66.6 Å². The number of benzene rings is 1. The number of nitro benzene ring substituents is 1. The highest BCUT2D eigenvalue weighted by molar-refractivity contribution is 14.1. The summed E-state index contributed by atoms with van der Waals surface area (Å²) in [5.74, 6) is 0. The molecule has 0 aliphatic carbocycles. The van der Waals surface area contributed by atoms with Gasteiger partial charge in [0, 0.05) is 24.8 Å². The molecule has 0 spiro atoms. The van der Waals surface area contributed by atoms with Gasteiger partial charge in [-0.1, -0.05) is 0 Å². The van der Waals surface area contributed by atoms with Gasteiger partial charge in [-0.25, -0.2) is 0 Å². The lowest BCUT2D eigenvalue weighted by Gasteiger charge is -2.25. The number of anilines is 1. The lowest BCUT2D eigenvalue weighted by atomic mass is 10.2. The summed E-state index contributed by atoms with van der Waals surface area (Å²) < 4.78 is 0.595. The fourth-order valence-electron chi connectivity index (χ4n) is 1.24.